The van der Waals surface area contributed by atoms with Gasteiger partial charge in [-0.15, -0.1) is 0 Å². The zero-order valence-corrected chi connectivity index (χ0v) is 17.7. The summed E-state index contributed by atoms with van der Waals surface area (Å²) in [5.74, 6) is 2.66. The van der Waals surface area contributed by atoms with E-state index < -0.39 is 0 Å². The Kier molecular flexibility index (Phi) is 7.16. The second-order valence-electron chi connectivity index (χ2n) is 6.83. The summed E-state index contributed by atoms with van der Waals surface area (Å²) in [5, 5.41) is 6.69. The second kappa shape index (κ2) is 10.00. The molecule has 1 saturated heterocycles. The van der Waals surface area contributed by atoms with Gasteiger partial charge in [0.25, 0.3) is 0 Å². The van der Waals surface area contributed by atoms with Crippen LogP contribution in [0.5, 0.6) is 17.2 Å². The van der Waals surface area contributed by atoms with Gasteiger partial charge >= 0.3 is 0 Å². The topological polar surface area (TPSA) is 80.2 Å². The fourth-order valence-corrected chi connectivity index (χ4v) is 3.48. The van der Waals surface area contributed by atoms with E-state index >= 15 is 0 Å². The molecule has 2 heterocycles. The van der Waals surface area contributed by atoms with Crippen molar-refractivity contribution in [3.05, 3.63) is 41.8 Å². The van der Waals surface area contributed by atoms with Crippen LogP contribution in [-0.2, 0) is 6.54 Å². The highest BCUT2D eigenvalue weighted by Gasteiger charge is 2.26. The number of nitrogens with zero attached hydrogens (tertiary/aromatic N) is 3. The number of hydrogen-bond donors (Lipinski definition) is 2. The predicted octanol–water partition coefficient (Wildman–Crippen LogP) is 2.19. The van der Waals surface area contributed by atoms with Crippen molar-refractivity contribution in [1.29, 1.82) is 0 Å². The van der Waals surface area contributed by atoms with Crippen LogP contribution in [0.2, 0.25) is 0 Å². The third kappa shape index (κ3) is 4.84. The Morgan fingerprint density at radius 2 is 1.93 bits per heavy atom. The Balaban J connectivity index is 1.61. The number of pyridine rings is 1. The largest absolute Gasteiger partial charge is 0.496 e. The molecule has 162 valence electrons. The van der Waals surface area contributed by atoms with E-state index in [0.29, 0.717) is 42.1 Å². The van der Waals surface area contributed by atoms with Gasteiger partial charge in [0.05, 0.1) is 21.3 Å². The van der Waals surface area contributed by atoms with Crippen molar-refractivity contribution in [3.63, 3.8) is 0 Å². The van der Waals surface area contributed by atoms with E-state index in [2.05, 4.69) is 20.6 Å². The smallest absolute Gasteiger partial charge is 0.191 e. The molecule has 9 heteroatoms. The summed E-state index contributed by atoms with van der Waals surface area (Å²) in [7, 11) is 6.51. The van der Waals surface area contributed by atoms with Crippen molar-refractivity contribution >= 4 is 11.8 Å². The molecule has 30 heavy (non-hydrogen) atoms. The lowest BCUT2D eigenvalue weighted by atomic mass is 10.1. The average Bonchev–Trinajstić information content (AvgIpc) is 3.24. The molecular formula is C21H28FN5O3. The van der Waals surface area contributed by atoms with Crippen molar-refractivity contribution in [2.45, 2.75) is 19.0 Å². The molecule has 0 saturated carbocycles. The van der Waals surface area contributed by atoms with E-state index in [0.717, 1.165) is 18.5 Å². The highest BCUT2D eigenvalue weighted by atomic mass is 19.1. The maximum atomic E-state index is 14.0. The van der Waals surface area contributed by atoms with Gasteiger partial charge in [-0.25, -0.2) is 9.37 Å². The van der Waals surface area contributed by atoms with Gasteiger partial charge in [-0.05, 0) is 24.6 Å². The van der Waals surface area contributed by atoms with Gasteiger partial charge in [0.1, 0.15) is 5.75 Å². The molecule has 1 atom stereocenters. The van der Waals surface area contributed by atoms with Gasteiger partial charge in [-0.1, -0.05) is 0 Å². The number of rotatable bonds is 7. The molecule has 1 aliphatic heterocycles. The number of anilines is 1. The van der Waals surface area contributed by atoms with Crippen molar-refractivity contribution in [3.8, 4) is 17.2 Å². The van der Waals surface area contributed by atoms with E-state index in [9.17, 15) is 4.39 Å². The molecule has 1 aliphatic rings. The number of aromatic nitrogens is 1. The van der Waals surface area contributed by atoms with Crippen LogP contribution in [0.1, 0.15) is 12.0 Å². The number of halogens is 1. The lowest BCUT2D eigenvalue weighted by Crippen LogP contribution is -2.44. The number of nitrogens with one attached hydrogen (secondary N) is 2. The first-order valence-corrected chi connectivity index (χ1v) is 9.71. The van der Waals surface area contributed by atoms with Gasteiger partial charge in [0, 0.05) is 50.6 Å². The van der Waals surface area contributed by atoms with Crippen molar-refractivity contribution in [2.24, 2.45) is 4.99 Å². The Morgan fingerprint density at radius 1 is 1.20 bits per heavy atom. The monoisotopic (exact) mass is 417 g/mol. The predicted molar refractivity (Wildman–Crippen MR) is 114 cm³/mol. The van der Waals surface area contributed by atoms with E-state index in [4.69, 9.17) is 14.2 Å². The minimum atomic E-state index is -0.304. The number of methoxy groups -OCH3 is 3. The molecule has 1 unspecified atom stereocenters. The number of benzene rings is 1. The number of ether oxygens (including phenoxy) is 3. The maximum Gasteiger partial charge on any atom is 0.191 e. The third-order valence-corrected chi connectivity index (χ3v) is 5.02. The summed E-state index contributed by atoms with van der Waals surface area (Å²) in [6, 6.07) is 6.82. The molecular weight excluding hydrogens is 389 g/mol. The van der Waals surface area contributed by atoms with Crippen LogP contribution in [0.15, 0.2) is 35.5 Å². The van der Waals surface area contributed by atoms with Gasteiger partial charge in [0.2, 0.25) is 0 Å². The SMILES string of the molecule is CN=C(NCc1cc(OC)c(OC)cc1OC)NC1CCN(c2ncccc2F)C1. The minimum Gasteiger partial charge on any atom is -0.496 e. The molecule has 1 aromatic heterocycles. The van der Waals surface area contributed by atoms with Crippen molar-refractivity contribution in [1.82, 2.24) is 15.6 Å². The molecule has 0 spiro atoms. The molecule has 1 aromatic carbocycles. The molecule has 8 nitrogen and oxygen atoms in total. The molecule has 1 fully saturated rings. The van der Waals surface area contributed by atoms with E-state index in [1.54, 1.807) is 46.7 Å². The zero-order chi connectivity index (χ0) is 21.5. The quantitative estimate of drug-likeness (QED) is 0.528. The Hall–Kier alpha value is -3.23. The van der Waals surface area contributed by atoms with Crippen LogP contribution in [-0.4, -0.2) is 58.5 Å². The van der Waals surface area contributed by atoms with Crippen LogP contribution < -0.4 is 29.7 Å². The van der Waals surface area contributed by atoms with E-state index in [-0.39, 0.29) is 11.9 Å². The van der Waals surface area contributed by atoms with Crippen LogP contribution in [0.3, 0.4) is 0 Å². The molecule has 0 amide bonds. The lowest BCUT2D eigenvalue weighted by molar-refractivity contribution is 0.347. The maximum absolute atomic E-state index is 14.0. The third-order valence-electron chi connectivity index (χ3n) is 5.02. The van der Waals surface area contributed by atoms with Crippen molar-refractivity contribution in [2.75, 3.05) is 46.4 Å². The van der Waals surface area contributed by atoms with Crippen LogP contribution in [0, 0.1) is 5.82 Å². The first-order valence-electron chi connectivity index (χ1n) is 9.71. The fraction of sp³-hybridized carbons (Fsp3) is 0.429. The van der Waals surface area contributed by atoms with Gasteiger partial charge in [-0.2, -0.15) is 0 Å². The van der Waals surface area contributed by atoms with Crippen molar-refractivity contribution < 1.29 is 18.6 Å². The summed E-state index contributed by atoms with van der Waals surface area (Å²) in [5.41, 5.74) is 0.904. The molecule has 0 radical (unpaired) electrons. The van der Waals surface area contributed by atoms with E-state index in [1.807, 2.05) is 11.0 Å². The Bertz CT molecular complexity index is 893. The van der Waals surface area contributed by atoms with Crippen LogP contribution in [0.25, 0.3) is 0 Å². The normalized spacial score (nSPS) is 16.4. The molecule has 0 bridgehead atoms. The van der Waals surface area contributed by atoms with E-state index in [1.165, 1.54) is 6.07 Å². The minimum absolute atomic E-state index is 0.130. The highest BCUT2D eigenvalue weighted by Crippen LogP contribution is 2.34. The van der Waals surface area contributed by atoms with Crippen LogP contribution >= 0.6 is 0 Å². The molecule has 3 rings (SSSR count). The van der Waals surface area contributed by atoms with Gasteiger partial charge in [-0.3, -0.25) is 4.99 Å². The molecule has 0 aliphatic carbocycles. The number of aliphatic imine (C=N–C) groups is 1. The average molecular weight is 417 g/mol. The number of guanidine groups is 1. The lowest BCUT2D eigenvalue weighted by Gasteiger charge is -2.20. The number of hydrogen-bond acceptors (Lipinski definition) is 6. The molecule has 2 N–H and O–H groups in total. The summed E-state index contributed by atoms with van der Waals surface area (Å²) in [4.78, 5) is 10.4. The fourth-order valence-electron chi connectivity index (χ4n) is 3.48. The molecule has 2 aromatic rings. The second-order valence-corrected chi connectivity index (χ2v) is 6.83. The first kappa shape index (κ1) is 21.5. The zero-order valence-electron chi connectivity index (χ0n) is 17.7. The standard InChI is InChI=1S/C21H28FN5O3/c1-23-21(25-12-14-10-18(29-3)19(30-4)11-17(14)28-2)26-15-7-9-27(13-15)20-16(22)6-5-8-24-20/h5-6,8,10-11,15H,7,9,12-13H2,1-4H3,(H2,23,25,26). The van der Waals surface area contributed by atoms with Crippen LogP contribution in [0.4, 0.5) is 10.2 Å². The first-order chi connectivity index (χ1) is 14.6. The highest BCUT2D eigenvalue weighted by molar-refractivity contribution is 5.80. The summed E-state index contributed by atoms with van der Waals surface area (Å²) >= 11 is 0. The van der Waals surface area contributed by atoms with Gasteiger partial charge in [0.15, 0.2) is 29.1 Å². The summed E-state index contributed by atoms with van der Waals surface area (Å²) < 4.78 is 30.2. The Morgan fingerprint density at radius 3 is 2.60 bits per heavy atom. The summed E-state index contributed by atoms with van der Waals surface area (Å²) in [6.45, 7) is 1.86. The van der Waals surface area contributed by atoms with Gasteiger partial charge < -0.3 is 29.7 Å². The summed E-state index contributed by atoms with van der Waals surface area (Å²) in [6.07, 6.45) is 2.46. The Labute approximate surface area is 176 Å².